The molecule has 1 rings (SSSR count). The number of nitrogens with one attached hydrogen (secondary N) is 2. The molecule has 74 valence electrons. The fourth-order valence-corrected chi connectivity index (χ4v) is 1.80. The van der Waals surface area contributed by atoms with E-state index in [0.29, 0.717) is 0 Å². The molecule has 0 aliphatic rings. The zero-order valence-corrected chi connectivity index (χ0v) is 9.47. The summed E-state index contributed by atoms with van der Waals surface area (Å²) in [6, 6.07) is 0. The average Bonchev–Trinajstić information content (AvgIpc) is 2.29. The van der Waals surface area contributed by atoms with E-state index < -0.39 is 0 Å². The molecule has 13 heavy (non-hydrogen) atoms. The first-order valence-electron chi connectivity index (χ1n) is 3.99. The topological polar surface area (TPSA) is 48.6 Å². The van der Waals surface area contributed by atoms with Crippen LogP contribution in [0.1, 0.15) is 26.5 Å². The molecule has 1 heterocycles. The molecular weight excluding hydrogens is 208 g/mol. The van der Waals surface area contributed by atoms with E-state index >= 15 is 0 Å². The number of aromatic amines is 2. The minimum absolute atomic E-state index is 0.178. The number of rotatable bonds is 2. The average molecular weight is 221 g/mol. The smallest absolute Gasteiger partial charge is 0.282 e. The maximum absolute atomic E-state index is 10.9. The van der Waals surface area contributed by atoms with E-state index in [1.165, 1.54) is 0 Å². The molecule has 0 spiro atoms. The van der Waals surface area contributed by atoms with Crippen LogP contribution in [0.2, 0.25) is 5.02 Å². The van der Waals surface area contributed by atoms with Gasteiger partial charge in [-0.1, -0.05) is 32.4 Å². The first-order valence-corrected chi connectivity index (χ1v) is 5.35. The Bertz CT molecular complexity index is 337. The van der Waals surface area contributed by atoms with Gasteiger partial charge >= 0.3 is 0 Å². The molecule has 0 aromatic carbocycles. The Kier molecular flexibility index (Phi) is 3.14. The van der Waals surface area contributed by atoms with Crippen LogP contribution in [-0.4, -0.2) is 14.9 Å². The molecule has 0 unspecified atom stereocenters. The van der Waals surface area contributed by atoms with Gasteiger partial charge < -0.3 is 0 Å². The van der Waals surface area contributed by atoms with E-state index in [1.807, 2.05) is 0 Å². The molecule has 0 amide bonds. The Hall–Kier alpha value is -0.350. The maximum atomic E-state index is 10.9. The van der Waals surface area contributed by atoms with Crippen molar-refractivity contribution in [3.8, 4) is 0 Å². The Morgan fingerprint density at radius 3 is 2.38 bits per heavy atom. The molecule has 0 atom stereocenters. The van der Waals surface area contributed by atoms with Gasteiger partial charge in [0.25, 0.3) is 5.56 Å². The lowest BCUT2D eigenvalue weighted by molar-refractivity contribution is 0.801. The fourth-order valence-electron chi connectivity index (χ4n) is 0.767. The van der Waals surface area contributed by atoms with Crippen molar-refractivity contribution in [2.75, 3.05) is 0 Å². The molecule has 0 aliphatic heterocycles. The van der Waals surface area contributed by atoms with Crippen molar-refractivity contribution in [1.29, 1.82) is 0 Å². The van der Waals surface area contributed by atoms with Crippen molar-refractivity contribution < 1.29 is 0 Å². The molecule has 1 aromatic rings. The fraction of sp³-hybridized carbons (Fsp3) is 0.625. The standard InChI is InChI=1S/C8H13ClN2OS/c1-8(2,3)13-4-5-6(9)7(12)11-10-5/h4H2,1-3H3,(H2,10,11,12). The second-order valence-corrected chi connectivity index (χ2v) is 5.95. The van der Waals surface area contributed by atoms with Gasteiger partial charge in [-0.15, -0.1) is 11.8 Å². The summed E-state index contributed by atoms with van der Waals surface area (Å²) in [6.07, 6.45) is 0. The predicted octanol–water partition coefficient (Wildman–Crippen LogP) is 2.39. The molecule has 1 aromatic heterocycles. The number of hydrogen-bond donors (Lipinski definition) is 2. The van der Waals surface area contributed by atoms with Crippen molar-refractivity contribution in [3.63, 3.8) is 0 Å². The van der Waals surface area contributed by atoms with E-state index in [-0.39, 0.29) is 15.3 Å². The van der Waals surface area contributed by atoms with E-state index in [9.17, 15) is 4.79 Å². The molecule has 0 bridgehead atoms. The minimum atomic E-state index is -0.244. The summed E-state index contributed by atoms with van der Waals surface area (Å²) in [5.74, 6) is 0.723. The first kappa shape index (κ1) is 10.7. The molecule has 0 radical (unpaired) electrons. The SMILES string of the molecule is CC(C)(C)SCc1[nH][nH]c(=O)c1Cl. The van der Waals surface area contributed by atoms with Crippen LogP contribution in [-0.2, 0) is 5.75 Å². The van der Waals surface area contributed by atoms with E-state index in [0.717, 1.165) is 11.4 Å². The predicted molar refractivity (Wildman–Crippen MR) is 57.5 cm³/mol. The minimum Gasteiger partial charge on any atom is -0.300 e. The van der Waals surface area contributed by atoms with Crippen molar-refractivity contribution >= 4 is 23.4 Å². The van der Waals surface area contributed by atoms with E-state index in [4.69, 9.17) is 11.6 Å². The number of halogens is 1. The second-order valence-electron chi connectivity index (χ2n) is 3.77. The third-order valence-electron chi connectivity index (χ3n) is 1.44. The summed E-state index contributed by atoms with van der Waals surface area (Å²) in [7, 11) is 0. The Morgan fingerprint density at radius 2 is 2.00 bits per heavy atom. The maximum Gasteiger partial charge on any atom is 0.282 e. The van der Waals surface area contributed by atoms with Gasteiger partial charge in [0, 0.05) is 10.5 Å². The molecule has 0 fully saturated rings. The van der Waals surface area contributed by atoms with Crippen molar-refractivity contribution in [1.82, 2.24) is 10.2 Å². The molecule has 2 N–H and O–H groups in total. The van der Waals surface area contributed by atoms with Crippen LogP contribution in [0.3, 0.4) is 0 Å². The number of hydrogen-bond acceptors (Lipinski definition) is 2. The zero-order valence-electron chi connectivity index (χ0n) is 7.90. The molecule has 0 aliphatic carbocycles. The first-order chi connectivity index (χ1) is 5.90. The molecule has 5 heteroatoms. The number of thioether (sulfide) groups is 1. The summed E-state index contributed by atoms with van der Waals surface area (Å²) in [5.41, 5.74) is 0.526. The second kappa shape index (κ2) is 3.80. The van der Waals surface area contributed by atoms with Gasteiger partial charge in [0.1, 0.15) is 5.02 Å². The number of H-pyrrole nitrogens is 2. The molecule has 3 nitrogen and oxygen atoms in total. The lowest BCUT2D eigenvalue weighted by Gasteiger charge is -2.16. The number of aromatic nitrogens is 2. The van der Waals surface area contributed by atoms with Gasteiger partial charge in [0.2, 0.25) is 0 Å². The van der Waals surface area contributed by atoms with Crippen molar-refractivity contribution in [2.45, 2.75) is 31.3 Å². The molecular formula is C8H13ClN2OS. The summed E-state index contributed by atoms with van der Waals surface area (Å²) < 4.78 is 0.178. The Morgan fingerprint density at radius 1 is 1.38 bits per heavy atom. The molecule has 0 saturated carbocycles. The van der Waals surface area contributed by atoms with E-state index in [2.05, 4.69) is 31.0 Å². The third-order valence-corrected chi connectivity index (χ3v) is 3.14. The lowest BCUT2D eigenvalue weighted by Crippen LogP contribution is -2.07. The third kappa shape index (κ3) is 3.12. The zero-order chi connectivity index (χ0) is 10.1. The van der Waals surface area contributed by atoms with Crippen LogP contribution in [0.15, 0.2) is 4.79 Å². The normalized spacial score (nSPS) is 12.0. The van der Waals surface area contributed by atoms with Gasteiger partial charge in [-0.05, 0) is 0 Å². The highest BCUT2D eigenvalue weighted by Gasteiger charge is 2.13. The highest BCUT2D eigenvalue weighted by Crippen LogP contribution is 2.27. The van der Waals surface area contributed by atoms with E-state index in [1.54, 1.807) is 11.8 Å². The summed E-state index contributed by atoms with van der Waals surface area (Å²) >= 11 is 7.49. The largest absolute Gasteiger partial charge is 0.300 e. The summed E-state index contributed by atoms with van der Waals surface area (Å²) in [4.78, 5) is 10.9. The summed E-state index contributed by atoms with van der Waals surface area (Å²) in [5, 5.41) is 5.48. The molecule has 0 saturated heterocycles. The Balaban J connectivity index is 2.66. The summed E-state index contributed by atoms with van der Waals surface area (Å²) in [6.45, 7) is 6.36. The van der Waals surface area contributed by atoms with Gasteiger partial charge in [0.15, 0.2) is 0 Å². The van der Waals surface area contributed by atoms with Crippen LogP contribution in [0.25, 0.3) is 0 Å². The van der Waals surface area contributed by atoms with Crippen LogP contribution in [0.5, 0.6) is 0 Å². The van der Waals surface area contributed by atoms with Gasteiger partial charge in [-0.3, -0.25) is 15.0 Å². The van der Waals surface area contributed by atoms with Gasteiger partial charge in [-0.25, -0.2) is 0 Å². The highest BCUT2D eigenvalue weighted by molar-refractivity contribution is 7.99. The monoisotopic (exact) mass is 220 g/mol. The quantitative estimate of drug-likeness (QED) is 0.804. The van der Waals surface area contributed by atoms with Crippen LogP contribution in [0, 0.1) is 0 Å². The van der Waals surface area contributed by atoms with Gasteiger partial charge in [0.05, 0.1) is 5.69 Å². The Labute approximate surface area is 86.2 Å². The van der Waals surface area contributed by atoms with Crippen molar-refractivity contribution in [2.24, 2.45) is 0 Å². The van der Waals surface area contributed by atoms with Crippen LogP contribution < -0.4 is 5.56 Å². The van der Waals surface area contributed by atoms with Crippen LogP contribution in [0.4, 0.5) is 0 Å². The lowest BCUT2D eigenvalue weighted by atomic mass is 10.3. The van der Waals surface area contributed by atoms with Crippen LogP contribution >= 0.6 is 23.4 Å². The highest BCUT2D eigenvalue weighted by atomic mass is 35.5. The van der Waals surface area contributed by atoms with Crippen molar-refractivity contribution in [3.05, 3.63) is 21.1 Å². The van der Waals surface area contributed by atoms with Gasteiger partial charge in [-0.2, -0.15) is 0 Å².